The van der Waals surface area contributed by atoms with E-state index in [1.807, 2.05) is 25.1 Å². The number of hydrogen-bond donors (Lipinski definition) is 1. The fourth-order valence-corrected chi connectivity index (χ4v) is 1.84. The van der Waals surface area contributed by atoms with E-state index in [2.05, 4.69) is 10.3 Å². The first-order valence-electron chi connectivity index (χ1n) is 6.15. The van der Waals surface area contributed by atoms with E-state index in [4.69, 9.17) is 13.9 Å². The Hall–Kier alpha value is -2.01. The van der Waals surface area contributed by atoms with E-state index in [0.29, 0.717) is 12.3 Å². The summed E-state index contributed by atoms with van der Waals surface area (Å²) in [6, 6.07) is 5.61. The summed E-state index contributed by atoms with van der Waals surface area (Å²) in [7, 11) is 3.25. The molecular weight excluding hydrogens is 244 g/mol. The summed E-state index contributed by atoms with van der Waals surface area (Å²) in [5.74, 6) is 2.17. The predicted octanol–water partition coefficient (Wildman–Crippen LogP) is 2.47. The van der Waals surface area contributed by atoms with Crippen LogP contribution in [0, 0.1) is 0 Å². The molecule has 0 saturated heterocycles. The van der Waals surface area contributed by atoms with E-state index in [1.54, 1.807) is 14.2 Å². The van der Waals surface area contributed by atoms with Gasteiger partial charge in [0.15, 0.2) is 12.2 Å². The summed E-state index contributed by atoms with van der Waals surface area (Å²) >= 11 is 0. The van der Waals surface area contributed by atoms with Crippen LogP contribution in [0.2, 0.25) is 0 Å². The minimum absolute atomic E-state index is 0.664. The molecule has 1 heterocycles. The standard InChI is InChI=1S/C14H18N2O3/c1-4-15-8-12-14(19-9-16-12)11-6-5-10(17-2)7-13(11)18-3/h5-7,9,15H,4,8H2,1-3H3. The van der Waals surface area contributed by atoms with Crippen molar-refractivity contribution in [2.75, 3.05) is 20.8 Å². The molecule has 2 rings (SSSR count). The van der Waals surface area contributed by atoms with Crippen molar-refractivity contribution in [1.29, 1.82) is 0 Å². The first-order chi connectivity index (χ1) is 9.30. The highest BCUT2D eigenvalue weighted by Gasteiger charge is 2.15. The van der Waals surface area contributed by atoms with Gasteiger partial charge in [-0.3, -0.25) is 0 Å². The minimum Gasteiger partial charge on any atom is -0.497 e. The molecule has 102 valence electrons. The molecule has 0 aliphatic carbocycles. The zero-order valence-corrected chi connectivity index (χ0v) is 11.4. The van der Waals surface area contributed by atoms with Crippen LogP contribution in [0.15, 0.2) is 29.0 Å². The zero-order chi connectivity index (χ0) is 13.7. The van der Waals surface area contributed by atoms with Gasteiger partial charge in [0.2, 0.25) is 0 Å². The molecule has 0 fully saturated rings. The third-order valence-corrected chi connectivity index (χ3v) is 2.84. The second-order valence-electron chi connectivity index (χ2n) is 3.97. The maximum atomic E-state index is 5.49. The lowest BCUT2D eigenvalue weighted by molar-refractivity contribution is 0.394. The van der Waals surface area contributed by atoms with E-state index in [9.17, 15) is 0 Å². The zero-order valence-electron chi connectivity index (χ0n) is 11.4. The number of ether oxygens (including phenoxy) is 2. The second kappa shape index (κ2) is 6.24. The van der Waals surface area contributed by atoms with E-state index < -0.39 is 0 Å². The van der Waals surface area contributed by atoms with Crippen LogP contribution in [0.4, 0.5) is 0 Å². The van der Waals surface area contributed by atoms with Crippen LogP contribution in [-0.2, 0) is 6.54 Å². The van der Waals surface area contributed by atoms with Crippen LogP contribution in [0.3, 0.4) is 0 Å². The van der Waals surface area contributed by atoms with Crippen molar-refractivity contribution >= 4 is 0 Å². The Kier molecular flexibility index (Phi) is 4.41. The van der Waals surface area contributed by atoms with E-state index in [-0.39, 0.29) is 0 Å². The highest BCUT2D eigenvalue weighted by molar-refractivity contribution is 5.68. The molecule has 0 radical (unpaired) electrons. The molecule has 1 aromatic carbocycles. The van der Waals surface area contributed by atoms with Gasteiger partial charge >= 0.3 is 0 Å². The Balaban J connectivity index is 2.38. The van der Waals surface area contributed by atoms with Crippen molar-refractivity contribution < 1.29 is 13.9 Å². The summed E-state index contributed by atoms with van der Waals surface area (Å²) < 4.78 is 16.1. The number of oxazole rings is 1. The fourth-order valence-electron chi connectivity index (χ4n) is 1.84. The van der Waals surface area contributed by atoms with Gasteiger partial charge in [0.1, 0.15) is 17.2 Å². The normalized spacial score (nSPS) is 10.5. The minimum atomic E-state index is 0.664. The van der Waals surface area contributed by atoms with Crippen molar-refractivity contribution in [1.82, 2.24) is 10.3 Å². The Morgan fingerprint density at radius 3 is 2.79 bits per heavy atom. The topological polar surface area (TPSA) is 56.5 Å². The molecule has 0 aliphatic heterocycles. The number of hydrogen-bond acceptors (Lipinski definition) is 5. The van der Waals surface area contributed by atoms with Gasteiger partial charge in [0.25, 0.3) is 0 Å². The van der Waals surface area contributed by atoms with Gasteiger partial charge < -0.3 is 19.2 Å². The summed E-state index contributed by atoms with van der Waals surface area (Å²) in [6.07, 6.45) is 1.45. The number of methoxy groups -OCH3 is 2. The third kappa shape index (κ3) is 2.88. The quantitative estimate of drug-likeness (QED) is 0.866. The second-order valence-corrected chi connectivity index (χ2v) is 3.97. The van der Waals surface area contributed by atoms with E-state index >= 15 is 0 Å². The summed E-state index contributed by atoms with van der Waals surface area (Å²) in [5, 5.41) is 3.23. The fraction of sp³-hybridized carbons (Fsp3) is 0.357. The summed E-state index contributed by atoms with van der Waals surface area (Å²) in [4.78, 5) is 4.23. The lowest BCUT2D eigenvalue weighted by Gasteiger charge is -2.09. The first kappa shape index (κ1) is 13.4. The van der Waals surface area contributed by atoms with Crippen LogP contribution in [0.25, 0.3) is 11.3 Å². The molecule has 19 heavy (non-hydrogen) atoms. The van der Waals surface area contributed by atoms with Gasteiger partial charge in [-0.15, -0.1) is 0 Å². The number of nitrogens with zero attached hydrogens (tertiary/aromatic N) is 1. The largest absolute Gasteiger partial charge is 0.497 e. The molecule has 5 nitrogen and oxygen atoms in total. The van der Waals surface area contributed by atoms with Gasteiger partial charge in [0, 0.05) is 12.6 Å². The van der Waals surface area contributed by atoms with Crippen LogP contribution in [-0.4, -0.2) is 25.7 Å². The van der Waals surface area contributed by atoms with E-state index in [1.165, 1.54) is 6.39 Å². The predicted molar refractivity (Wildman–Crippen MR) is 72.4 cm³/mol. The van der Waals surface area contributed by atoms with Gasteiger partial charge in [-0.2, -0.15) is 0 Å². The third-order valence-electron chi connectivity index (χ3n) is 2.84. The molecule has 1 aromatic heterocycles. The van der Waals surface area contributed by atoms with Crippen molar-refractivity contribution in [3.8, 4) is 22.8 Å². The molecule has 0 atom stereocenters. The van der Waals surface area contributed by atoms with Crippen LogP contribution in [0.5, 0.6) is 11.5 Å². The average molecular weight is 262 g/mol. The van der Waals surface area contributed by atoms with Gasteiger partial charge in [-0.1, -0.05) is 6.92 Å². The monoisotopic (exact) mass is 262 g/mol. The lowest BCUT2D eigenvalue weighted by Crippen LogP contribution is -2.12. The molecular formula is C14H18N2O3. The van der Waals surface area contributed by atoms with Crippen LogP contribution < -0.4 is 14.8 Å². The van der Waals surface area contributed by atoms with Crippen molar-refractivity contribution in [3.05, 3.63) is 30.3 Å². The summed E-state index contributed by atoms with van der Waals surface area (Å²) in [5.41, 5.74) is 1.74. The maximum absolute atomic E-state index is 5.49. The first-order valence-corrected chi connectivity index (χ1v) is 6.15. The molecule has 0 saturated carbocycles. The van der Waals surface area contributed by atoms with E-state index in [0.717, 1.165) is 29.3 Å². The molecule has 0 amide bonds. The molecule has 5 heteroatoms. The SMILES string of the molecule is CCNCc1ncoc1-c1ccc(OC)cc1OC. The molecule has 0 bridgehead atoms. The van der Waals surface area contributed by atoms with Crippen LogP contribution >= 0.6 is 0 Å². The molecule has 0 unspecified atom stereocenters. The lowest BCUT2D eigenvalue weighted by atomic mass is 10.1. The van der Waals surface area contributed by atoms with Crippen molar-refractivity contribution in [2.45, 2.75) is 13.5 Å². The van der Waals surface area contributed by atoms with Crippen molar-refractivity contribution in [2.24, 2.45) is 0 Å². The van der Waals surface area contributed by atoms with Crippen molar-refractivity contribution in [3.63, 3.8) is 0 Å². The Bertz CT molecular complexity index is 537. The van der Waals surface area contributed by atoms with Gasteiger partial charge in [-0.05, 0) is 18.7 Å². The highest BCUT2D eigenvalue weighted by Crippen LogP contribution is 2.34. The van der Waals surface area contributed by atoms with Gasteiger partial charge in [-0.25, -0.2) is 4.98 Å². The smallest absolute Gasteiger partial charge is 0.181 e. The highest BCUT2D eigenvalue weighted by atomic mass is 16.5. The Morgan fingerprint density at radius 2 is 2.11 bits per heavy atom. The molecule has 2 aromatic rings. The number of nitrogens with one attached hydrogen (secondary N) is 1. The Labute approximate surface area is 112 Å². The number of rotatable bonds is 6. The summed E-state index contributed by atoms with van der Waals surface area (Å²) in [6.45, 7) is 3.59. The average Bonchev–Trinajstić information content (AvgIpc) is 2.92. The molecule has 1 N–H and O–H groups in total. The number of benzene rings is 1. The van der Waals surface area contributed by atoms with Gasteiger partial charge in [0.05, 0.1) is 19.8 Å². The molecule has 0 aliphatic rings. The number of aromatic nitrogens is 1. The van der Waals surface area contributed by atoms with Crippen LogP contribution in [0.1, 0.15) is 12.6 Å². The molecule has 0 spiro atoms. The maximum Gasteiger partial charge on any atom is 0.181 e. The Morgan fingerprint density at radius 1 is 1.26 bits per heavy atom.